The lowest BCUT2D eigenvalue weighted by atomic mass is 10.2. The molecule has 0 aliphatic carbocycles. The SMILES string of the molecule is COc1c(Cl)ccc(NC(=O)C(N=Nc2ccc(Cl)cc2C)C(C)=O)c1OC. The van der Waals surface area contributed by atoms with Crippen molar-refractivity contribution in [2.45, 2.75) is 19.9 Å². The second-order valence-corrected chi connectivity index (χ2v) is 6.65. The first-order valence-corrected chi connectivity index (χ1v) is 8.92. The molecule has 0 saturated carbocycles. The van der Waals surface area contributed by atoms with Crippen molar-refractivity contribution < 1.29 is 19.1 Å². The number of Topliss-reactive ketones (excluding diaryl/α,β-unsaturated/α-hetero) is 1. The molecule has 1 unspecified atom stereocenters. The Morgan fingerprint density at radius 3 is 2.32 bits per heavy atom. The summed E-state index contributed by atoms with van der Waals surface area (Å²) in [5.74, 6) is -0.630. The third kappa shape index (κ3) is 4.99. The lowest BCUT2D eigenvalue weighted by molar-refractivity contribution is -0.126. The third-order valence-electron chi connectivity index (χ3n) is 3.80. The van der Waals surface area contributed by atoms with Gasteiger partial charge in [-0.05, 0) is 49.7 Å². The summed E-state index contributed by atoms with van der Waals surface area (Å²) in [6.45, 7) is 3.06. The minimum Gasteiger partial charge on any atom is -0.491 e. The van der Waals surface area contributed by atoms with E-state index in [1.54, 1.807) is 37.3 Å². The van der Waals surface area contributed by atoms with E-state index in [9.17, 15) is 9.59 Å². The van der Waals surface area contributed by atoms with Crippen LogP contribution >= 0.6 is 23.2 Å². The van der Waals surface area contributed by atoms with Crippen LogP contribution in [0.25, 0.3) is 0 Å². The van der Waals surface area contributed by atoms with Crippen LogP contribution in [0.15, 0.2) is 40.6 Å². The largest absolute Gasteiger partial charge is 0.491 e. The van der Waals surface area contributed by atoms with Crippen molar-refractivity contribution in [2.24, 2.45) is 10.2 Å². The molecule has 28 heavy (non-hydrogen) atoms. The highest BCUT2D eigenvalue weighted by Gasteiger charge is 2.25. The van der Waals surface area contributed by atoms with Gasteiger partial charge in [-0.2, -0.15) is 10.2 Å². The number of ether oxygens (including phenoxy) is 2. The van der Waals surface area contributed by atoms with Crippen LogP contribution in [-0.4, -0.2) is 32.0 Å². The van der Waals surface area contributed by atoms with E-state index < -0.39 is 17.7 Å². The van der Waals surface area contributed by atoms with Gasteiger partial charge in [-0.15, -0.1) is 0 Å². The number of nitrogens with zero attached hydrogens (tertiary/aromatic N) is 2. The number of anilines is 1. The van der Waals surface area contributed by atoms with Gasteiger partial charge in [0.2, 0.25) is 6.04 Å². The zero-order valence-electron chi connectivity index (χ0n) is 15.7. The fourth-order valence-electron chi connectivity index (χ4n) is 2.40. The summed E-state index contributed by atoms with van der Waals surface area (Å²) < 4.78 is 10.5. The second kappa shape index (κ2) is 9.52. The number of nitrogens with one attached hydrogen (secondary N) is 1. The standard InChI is InChI=1S/C19H19Cl2N3O4/c1-10-9-12(20)5-7-14(10)23-24-16(11(2)25)19(26)22-15-8-6-13(21)17(27-3)18(15)28-4/h5-9,16H,1-4H3,(H,22,26). The minimum absolute atomic E-state index is 0.233. The molecular formula is C19H19Cl2N3O4. The van der Waals surface area contributed by atoms with Gasteiger partial charge in [0.1, 0.15) is 0 Å². The summed E-state index contributed by atoms with van der Waals surface area (Å²) in [7, 11) is 2.84. The fraction of sp³-hybridized carbons (Fsp3) is 0.263. The summed E-state index contributed by atoms with van der Waals surface area (Å²) in [5.41, 5.74) is 1.56. The average Bonchev–Trinajstić information content (AvgIpc) is 2.64. The molecule has 2 aromatic rings. The summed E-state index contributed by atoms with van der Waals surface area (Å²) in [6.07, 6.45) is 0. The number of rotatable bonds is 7. The van der Waals surface area contributed by atoms with Gasteiger partial charge in [0, 0.05) is 5.02 Å². The zero-order valence-corrected chi connectivity index (χ0v) is 17.3. The highest BCUT2D eigenvalue weighted by molar-refractivity contribution is 6.32. The van der Waals surface area contributed by atoms with Crippen LogP contribution in [-0.2, 0) is 9.59 Å². The zero-order chi connectivity index (χ0) is 20.8. The van der Waals surface area contributed by atoms with Crippen LogP contribution in [0, 0.1) is 6.92 Å². The van der Waals surface area contributed by atoms with E-state index in [0.717, 1.165) is 5.56 Å². The summed E-state index contributed by atoms with van der Waals surface area (Å²) in [4.78, 5) is 24.6. The van der Waals surface area contributed by atoms with Gasteiger partial charge in [-0.1, -0.05) is 23.2 Å². The lowest BCUT2D eigenvalue weighted by Gasteiger charge is -2.16. The summed E-state index contributed by atoms with van der Waals surface area (Å²) >= 11 is 12.0. The van der Waals surface area contributed by atoms with Crippen LogP contribution in [0.3, 0.4) is 0 Å². The lowest BCUT2D eigenvalue weighted by Crippen LogP contribution is -2.32. The summed E-state index contributed by atoms with van der Waals surface area (Å²) in [6, 6.07) is 6.77. The first-order valence-electron chi connectivity index (χ1n) is 8.17. The first kappa shape index (κ1) is 21.7. The van der Waals surface area contributed by atoms with Crippen molar-refractivity contribution in [3.8, 4) is 11.5 Å². The Morgan fingerprint density at radius 1 is 1.07 bits per heavy atom. The summed E-state index contributed by atoms with van der Waals surface area (Å²) in [5, 5.41) is 11.4. The molecule has 1 amide bonds. The Hall–Kier alpha value is -2.64. The van der Waals surface area contributed by atoms with Crippen molar-refractivity contribution >= 4 is 46.3 Å². The van der Waals surface area contributed by atoms with Crippen molar-refractivity contribution in [3.05, 3.63) is 45.9 Å². The molecule has 0 aliphatic heterocycles. The molecule has 0 bridgehead atoms. The molecule has 0 saturated heterocycles. The van der Waals surface area contributed by atoms with Gasteiger partial charge in [-0.25, -0.2) is 0 Å². The third-order valence-corrected chi connectivity index (χ3v) is 4.34. The van der Waals surface area contributed by atoms with E-state index in [0.29, 0.717) is 15.7 Å². The molecule has 0 spiro atoms. The number of benzene rings is 2. The van der Waals surface area contributed by atoms with Crippen LogP contribution in [0.2, 0.25) is 10.0 Å². The Morgan fingerprint density at radius 2 is 1.75 bits per heavy atom. The molecule has 2 aromatic carbocycles. The van der Waals surface area contributed by atoms with E-state index in [1.807, 2.05) is 0 Å². The van der Waals surface area contributed by atoms with E-state index >= 15 is 0 Å². The Kier molecular flexibility index (Phi) is 7.37. The number of carbonyl (C=O) groups is 2. The van der Waals surface area contributed by atoms with Crippen LogP contribution in [0.1, 0.15) is 12.5 Å². The smallest absolute Gasteiger partial charge is 0.258 e. The molecule has 0 aromatic heterocycles. The highest BCUT2D eigenvalue weighted by Crippen LogP contribution is 2.40. The second-order valence-electron chi connectivity index (χ2n) is 5.81. The Labute approximate surface area is 172 Å². The number of carbonyl (C=O) groups excluding carboxylic acids is 2. The maximum Gasteiger partial charge on any atom is 0.258 e. The molecular weight excluding hydrogens is 405 g/mol. The van der Waals surface area contributed by atoms with Gasteiger partial charge in [-0.3, -0.25) is 9.59 Å². The fourth-order valence-corrected chi connectivity index (χ4v) is 2.85. The van der Waals surface area contributed by atoms with E-state index in [-0.39, 0.29) is 17.2 Å². The predicted octanol–water partition coefficient (Wildman–Crippen LogP) is 5.00. The molecule has 7 nitrogen and oxygen atoms in total. The number of halogens is 2. The molecule has 0 heterocycles. The molecule has 1 N–H and O–H groups in total. The average molecular weight is 424 g/mol. The quantitative estimate of drug-likeness (QED) is 0.501. The number of methoxy groups -OCH3 is 2. The predicted molar refractivity (Wildman–Crippen MR) is 108 cm³/mol. The molecule has 9 heteroatoms. The maximum atomic E-state index is 12.6. The molecule has 1 atom stereocenters. The van der Waals surface area contributed by atoms with Crippen molar-refractivity contribution in [2.75, 3.05) is 19.5 Å². The van der Waals surface area contributed by atoms with Gasteiger partial charge in [0.25, 0.3) is 5.91 Å². The van der Waals surface area contributed by atoms with Crippen LogP contribution in [0.4, 0.5) is 11.4 Å². The number of aryl methyl sites for hydroxylation is 1. The van der Waals surface area contributed by atoms with Gasteiger partial charge < -0.3 is 14.8 Å². The van der Waals surface area contributed by atoms with Crippen molar-refractivity contribution in [1.29, 1.82) is 0 Å². The van der Waals surface area contributed by atoms with Crippen LogP contribution in [0.5, 0.6) is 11.5 Å². The maximum absolute atomic E-state index is 12.6. The first-order chi connectivity index (χ1) is 13.3. The molecule has 0 fully saturated rings. The van der Waals surface area contributed by atoms with Crippen molar-refractivity contribution in [1.82, 2.24) is 0 Å². The van der Waals surface area contributed by atoms with Gasteiger partial charge >= 0.3 is 0 Å². The topological polar surface area (TPSA) is 89.4 Å². The minimum atomic E-state index is -1.33. The molecule has 0 radical (unpaired) electrons. The highest BCUT2D eigenvalue weighted by atomic mass is 35.5. The normalized spacial score (nSPS) is 11.9. The van der Waals surface area contributed by atoms with Crippen LogP contribution < -0.4 is 14.8 Å². The molecule has 148 valence electrons. The van der Waals surface area contributed by atoms with Gasteiger partial charge in [0.05, 0.1) is 30.6 Å². The molecule has 0 aliphatic rings. The van der Waals surface area contributed by atoms with E-state index in [2.05, 4.69) is 15.5 Å². The van der Waals surface area contributed by atoms with E-state index in [4.69, 9.17) is 32.7 Å². The Balaban J connectivity index is 2.29. The van der Waals surface area contributed by atoms with E-state index in [1.165, 1.54) is 21.1 Å². The van der Waals surface area contributed by atoms with Gasteiger partial charge in [0.15, 0.2) is 17.3 Å². The number of amides is 1. The number of hydrogen-bond acceptors (Lipinski definition) is 6. The Bertz CT molecular complexity index is 932. The number of hydrogen-bond donors (Lipinski definition) is 1. The molecule has 2 rings (SSSR count). The number of azo groups is 1. The monoisotopic (exact) mass is 423 g/mol. The number of ketones is 1. The van der Waals surface area contributed by atoms with Crippen molar-refractivity contribution in [3.63, 3.8) is 0 Å².